The van der Waals surface area contributed by atoms with Crippen molar-refractivity contribution in [2.45, 2.75) is 69.5 Å². The molecule has 3 aromatic carbocycles. The molecule has 0 spiro atoms. The van der Waals surface area contributed by atoms with Gasteiger partial charge in [0.25, 0.3) is 10.0 Å². The number of amides is 2. The van der Waals surface area contributed by atoms with E-state index in [4.69, 9.17) is 21.1 Å². The Balaban J connectivity index is 1.71. The molecule has 1 N–H and O–H groups in total. The molecule has 0 bridgehead atoms. The number of halogens is 1. The molecule has 236 valence electrons. The van der Waals surface area contributed by atoms with E-state index in [1.165, 1.54) is 29.2 Å². The van der Waals surface area contributed by atoms with Crippen LogP contribution in [0.2, 0.25) is 5.02 Å². The number of hydrogen-bond acceptors (Lipinski definition) is 6. The van der Waals surface area contributed by atoms with Crippen LogP contribution in [0.25, 0.3) is 0 Å². The number of nitrogens with one attached hydrogen (secondary N) is 1. The summed E-state index contributed by atoms with van der Waals surface area (Å²) in [6.45, 7) is 3.28. The Labute approximate surface area is 265 Å². The number of nitrogens with zero attached hydrogens (tertiary/aromatic N) is 2. The van der Waals surface area contributed by atoms with Gasteiger partial charge in [0.2, 0.25) is 11.8 Å². The second-order valence-electron chi connectivity index (χ2n) is 10.8. The largest absolute Gasteiger partial charge is 0.497 e. The number of carbonyl (C=O) groups is 2. The zero-order valence-corrected chi connectivity index (χ0v) is 26.9. The van der Waals surface area contributed by atoms with Crippen molar-refractivity contribution in [1.82, 2.24) is 10.2 Å². The monoisotopic (exact) mass is 641 g/mol. The predicted octanol–water partition coefficient (Wildman–Crippen LogP) is 5.81. The van der Waals surface area contributed by atoms with Crippen molar-refractivity contribution in [2.75, 3.05) is 24.6 Å². The van der Waals surface area contributed by atoms with E-state index in [2.05, 4.69) is 5.32 Å². The lowest BCUT2D eigenvalue weighted by Crippen LogP contribution is -2.53. The van der Waals surface area contributed by atoms with E-state index in [1.54, 1.807) is 57.4 Å². The number of hydrogen-bond donors (Lipinski definition) is 1. The molecule has 1 unspecified atom stereocenters. The maximum Gasteiger partial charge on any atom is 0.264 e. The van der Waals surface area contributed by atoms with Crippen LogP contribution < -0.4 is 19.1 Å². The van der Waals surface area contributed by atoms with Crippen molar-refractivity contribution in [1.29, 1.82) is 0 Å². The maximum absolute atomic E-state index is 14.2. The standard InChI is InChI=1S/C33H40ClN3O6S/c1-4-43-31-13-9-8-12-30(31)37(44(40,41)29-20-16-26(34)17-21-29)23-32(38)36(22-25-14-18-28(42-3)19-15-25)24(2)33(39)35-27-10-6-5-7-11-27/h8-9,12-21,24,27H,4-7,10-11,22-23H2,1-3H3,(H,35,39). The summed E-state index contributed by atoms with van der Waals surface area (Å²) in [6, 6.07) is 18.8. The first-order valence-corrected chi connectivity index (χ1v) is 16.7. The highest BCUT2D eigenvalue weighted by Crippen LogP contribution is 2.33. The van der Waals surface area contributed by atoms with Crippen molar-refractivity contribution >= 4 is 39.1 Å². The Morgan fingerprint density at radius 2 is 1.64 bits per heavy atom. The van der Waals surface area contributed by atoms with E-state index in [0.717, 1.165) is 42.0 Å². The lowest BCUT2D eigenvalue weighted by Gasteiger charge is -2.33. The highest BCUT2D eigenvalue weighted by molar-refractivity contribution is 7.92. The molecule has 1 fully saturated rings. The lowest BCUT2D eigenvalue weighted by molar-refractivity contribution is -0.139. The van der Waals surface area contributed by atoms with Gasteiger partial charge in [-0.05, 0) is 80.8 Å². The summed E-state index contributed by atoms with van der Waals surface area (Å²) in [7, 11) is -2.69. The van der Waals surface area contributed by atoms with Crippen LogP contribution in [0, 0.1) is 0 Å². The van der Waals surface area contributed by atoms with Crippen LogP contribution in [0.5, 0.6) is 11.5 Å². The first-order valence-electron chi connectivity index (χ1n) is 14.9. The summed E-state index contributed by atoms with van der Waals surface area (Å²) < 4.78 is 40.3. The smallest absolute Gasteiger partial charge is 0.264 e. The number of benzene rings is 3. The van der Waals surface area contributed by atoms with Crippen LogP contribution in [-0.2, 0) is 26.2 Å². The van der Waals surface area contributed by atoms with Gasteiger partial charge in [-0.25, -0.2) is 8.42 Å². The summed E-state index contributed by atoms with van der Waals surface area (Å²) in [4.78, 5) is 29.1. The number of rotatable bonds is 13. The fourth-order valence-electron chi connectivity index (χ4n) is 5.27. The second-order valence-corrected chi connectivity index (χ2v) is 13.1. The van der Waals surface area contributed by atoms with Gasteiger partial charge in [-0.3, -0.25) is 13.9 Å². The highest BCUT2D eigenvalue weighted by Gasteiger charge is 2.34. The fraction of sp³-hybridized carbons (Fsp3) is 0.394. The summed E-state index contributed by atoms with van der Waals surface area (Å²) in [6.07, 6.45) is 5.03. The van der Waals surface area contributed by atoms with Gasteiger partial charge in [0.05, 0.1) is 24.3 Å². The summed E-state index contributed by atoms with van der Waals surface area (Å²) in [5.74, 6) is 0.143. The third kappa shape index (κ3) is 8.24. The zero-order chi connectivity index (χ0) is 31.7. The van der Waals surface area contributed by atoms with E-state index >= 15 is 0 Å². The summed E-state index contributed by atoms with van der Waals surface area (Å²) in [5.41, 5.74) is 0.972. The molecular formula is C33H40ClN3O6S. The number of methoxy groups -OCH3 is 1. The van der Waals surface area contributed by atoms with Gasteiger partial charge in [-0.1, -0.05) is 55.1 Å². The molecule has 3 aromatic rings. The molecule has 0 aliphatic heterocycles. The SMILES string of the molecule is CCOc1ccccc1N(CC(=O)N(Cc1ccc(OC)cc1)C(C)C(=O)NC1CCCCC1)S(=O)(=O)c1ccc(Cl)cc1. The normalized spacial score (nSPS) is 14.4. The molecule has 44 heavy (non-hydrogen) atoms. The molecular weight excluding hydrogens is 602 g/mol. The van der Waals surface area contributed by atoms with Gasteiger partial charge >= 0.3 is 0 Å². The Kier molecular flexibility index (Phi) is 11.5. The first-order chi connectivity index (χ1) is 21.1. The molecule has 1 aliphatic rings. The third-order valence-corrected chi connectivity index (χ3v) is 9.77. The minimum atomic E-state index is -4.26. The van der Waals surface area contributed by atoms with Crippen molar-refractivity contribution in [3.05, 3.63) is 83.4 Å². The quantitative estimate of drug-likeness (QED) is 0.253. The Morgan fingerprint density at radius 1 is 0.977 bits per heavy atom. The molecule has 2 amide bonds. The highest BCUT2D eigenvalue weighted by atomic mass is 35.5. The van der Waals surface area contributed by atoms with Crippen LogP contribution >= 0.6 is 11.6 Å². The van der Waals surface area contributed by atoms with Crippen LogP contribution in [0.15, 0.2) is 77.7 Å². The average molecular weight is 642 g/mol. The average Bonchev–Trinajstić information content (AvgIpc) is 3.03. The Hall–Kier alpha value is -3.76. The van der Waals surface area contributed by atoms with Gasteiger partial charge < -0.3 is 19.7 Å². The van der Waals surface area contributed by atoms with Crippen molar-refractivity contribution in [3.63, 3.8) is 0 Å². The number of ether oxygens (including phenoxy) is 2. The molecule has 1 aliphatic carbocycles. The predicted molar refractivity (Wildman–Crippen MR) is 172 cm³/mol. The van der Waals surface area contributed by atoms with E-state index in [-0.39, 0.29) is 29.1 Å². The summed E-state index contributed by atoms with van der Waals surface area (Å²) >= 11 is 6.05. The van der Waals surface area contributed by atoms with E-state index < -0.39 is 28.5 Å². The molecule has 0 saturated heterocycles. The molecule has 9 nitrogen and oxygen atoms in total. The molecule has 4 rings (SSSR count). The lowest BCUT2D eigenvalue weighted by atomic mass is 9.95. The van der Waals surface area contributed by atoms with Gasteiger partial charge in [0, 0.05) is 17.6 Å². The number of para-hydroxylation sites is 2. The van der Waals surface area contributed by atoms with Gasteiger partial charge in [-0.2, -0.15) is 0 Å². The first kappa shape index (κ1) is 33.1. The van der Waals surface area contributed by atoms with Crippen molar-refractivity contribution in [2.24, 2.45) is 0 Å². The van der Waals surface area contributed by atoms with Crippen LogP contribution in [0.3, 0.4) is 0 Å². The summed E-state index contributed by atoms with van der Waals surface area (Å²) in [5, 5.41) is 3.49. The minimum Gasteiger partial charge on any atom is -0.497 e. The minimum absolute atomic E-state index is 0.0363. The van der Waals surface area contributed by atoms with E-state index in [1.807, 2.05) is 12.1 Å². The Morgan fingerprint density at radius 3 is 2.27 bits per heavy atom. The number of carbonyl (C=O) groups excluding carboxylic acids is 2. The molecule has 11 heteroatoms. The third-order valence-electron chi connectivity index (χ3n) is 7.75. The van der Waals surface area contributed by atoms with Gasteiger partial charge in [-0.15, -0.1) is 0 Å². The van der Waals surface area contributed by atoms with Crippen LogP contribution in [0.4, 0.5) is 5.69 Å². The molecule has 0 heterocycles. The molecule has 1 saturated carbocycles. The molecule has 0 aromatic heterocycles. The number of sulfonamides is 1. The van der Waals surface area contributed by atoms with E-state index in [9.17, 15) is 18.0 Å². The second kappa shape index (κ2) is 15.3. The fourth-order valence-corrected chi connectivity index (χ4v) is 6.82. The molecule has 0 radical (unpaired) electrons. The van der Waals surface area contributed by atoms with Crippen molar-refractivity contribution < 1.29 is 27.5 Å². The van der Waals surface area contributed by atoms with Gasteiger partial charge in [0.15, 0.2) is 0 Å². The number of anilines is 1. The molecule has 1 atom stereocenters. The maximum atomic E-state index is 14.2. The topological polar surface area (TPSA) is 105 Å². The van der Waals surface area contributed by atoms with Crippen molar-refractivity contribution in [3.8, 4) is 11.5 Å². The van der Waals surface area contributed by atoms with Crippen LogP contribution in [-0.4, -0.2) is 57.5 Å². The van der Waals surface area contributed by atoms with E-state index in [0.29, 0.717) is 23.1 Å². The van der Waals surface area contributed by atoms with Crippen LogP contribution in [0.1, 0.15) is 51.5 Å². The van der Waals surface area contributed by atoms with Gasteiger partial charge in [0.1, 0.15) is 24.1 Å². The Bertz CT molecular complexity index is 1510. The zero-order valence-electron chi connectivity index (χ0n) is 25.4.